The smallest absolute Gasteiger partial charge is 0.240 e. The van der Waals surface area contributed by atoms with Gasteiger partial charge in [0.1, 0.15) is 5.82 Å². The molecule has 0 bridgehead atoms. The van der Waals surface area contributed by atoms with Gasteiger partial charge >= 0.3 is 0 Å². The summed E-state index contributed by atoms with van der Waals surface area (Å²) in [6, 6.07) is 2.47. The van der Waals surface area contributed by atoms with Crippen LogP contribution >= 0.6 is 0 Å². The summed E-state index contributed by atoms with van der Waals surface area (Å²) in [6.07, 6.45) is 3.06. The Labute approximate surface area is 113 Å². The maximum Gasteiger partial charge on any atom is 0.240 e. The number of nitrogen functional groups attached to an aromatic ring is 1. The molecule has 2 rings (SSSR count). The van der Waals surface area contributed by atoms with Crippen molar-refractivity contribution in [1.82, 2.24) is 4.72 Å². The molecule has 0 amide bonds. The number of hydrogen-bond donors (Lipinski definition) is 2. The highest BCUT2D eigenvalue weighted by atomic mass is 32.2. The van der Waals surface area contributed by atoms with Crippen LogP contribution < -0.4 is 10.5 Å². The Balaban J connectivity index is 2.20. The first kappa shape index (κ1) is 14.3. The van der Waals surface area contributed by atoms with Crippen molar-refractivity contribution in [3.8, 4) is 0 Å². The summed E-state index contributed by atoms with van der Waals surface area (Å²) in [6.45, 7) is 3.99. The molecule has 1 aromatic rings. The molecule has 0 heterocycles. The maximum atomic E-state index is 13.4. The number of hydrogen-bond acceptors (Lipinski definition) is 3. The Morgan fingerprint density at radius 3 is 2.53 bits per heavy atom. The van der Waals surface area contributed by atoms with Crippen molar-refractivity contribution in [3.05, 3.63) is 23.5 Å². The lowest BCUT2D eigenvalue weighted by Gasteiger charge is -2.14. The predicted molar refractivity (Wildman–Crippen MR) is 72.7 cm³/mol. The monoisotopic (exact) mass is 286 g/mol. The summed E-state index contributed by atoms with van der Waals surface area (Å²) in [5.74, 6) is -0.564. The zero-order valence-corrected chi connectivity index (χ0v) is 12.0. The SMILES string of the molecule is CCC1(CNS(=O)(=O)c2cc(C)c(F)c(N)c2)CC1. The Kier molecular flexibility index (Phi) is 3.57. The van der Waals surface area contributed by atoms with Crippen molar-refractivity contribution in [1.29, 1.82) is 0 Å². The van der Waals surface area contributed by atoms with E-state index in [1.165, 1.54) is 13.0 Å². The molecule has 0 radical (unpaired) electrons. The molecule has 4 nitrogen and oxygen atoms in total. The van der Waals surface area contributed by atoms with E-state index in [1.807, 2.05) is 0 Å². The first-order chi connectivity index (χ1) is 8.80. The highest BCUT2D eigenvalue weighted by molar-refractivity contribution is 7.89. The minimum atomic E-state index is -3.62. The number of rotatable bonds is 5. The van der Waals surface area contributed by atoms with Gasteiger partial charge in [-0.15, -0.1) is 0 Å². The van der Waals surface area contributed by atoms with E-state index in [0.29, 0.717) is 6.54 Å². The fraction of sp³-hybridized carbons (Fsp3) is 0.538. The topological polar surface area (TPSA) is 72.2 Å². The maximum absolute atomic E-state index is 13.4. The largest absolute Gasteiger partial charge is 0.396 e. The van der Waals surface area contributed by atoms with Gasteiger partial charge in [-0.3, -0.25) is 0 Å². The number of anilines is 1. The normalized spacial score (nSPS) is 17.4. The van der Waals surface area contributed by atoms with Gasteiger partial charge in [0.15, 0.2) is 0 Å². The van der Waals surface area contributed by atoms with Crippen molar-refractivity contribution in [2.45, 2.75) is 38.0 Å². The third kappa shape index (κ3) is 2.90. The van der Waals surface area contributed by atoms with Crippen LogP contribution in [0.15, 0.2) is 17.0 Å². The van der Waals surface area contributed by atoms with Gasteiger partial charge in [-0.2, -0.15) is 0 Å². The minimum absolute atomic E-state index is 0.0239. The van der Waals surface area contributed by atoms with Crippen molar-refractivity contribution in [2.24, 2.45) is 5.41 Å². The Morgan fingerprint density at radius 1 is 1.42 bits per heavy atom. The molecular formula is C13H19FN2O2S. The lowest BCUT2D eigenvalue weighted by atomic mass is 10.1. The van der Waals surface area contributed by atoms with E-state index in [4.69, 9.17) is 5.73 Å². The third-order valence-electron chi connectivity index (χ3n) is 3.91. The van der Waals surface area contributed by atoms with Crippen molar-refractivity contribution in [2.75, 3.05) is 12.3 Å². The summed E-state index contributed by atoms with van der Waals surface area (Å²) in [5, 5.41) is 0. The van der Waals surface area contributed by atoms with Crippen LogP contribution in [-0.2, 0) is 10.0 Å². The average Bonchev–Trinajstić information content (AvgIpc) is 3.14. The van der Waals surface area contributed by atoms with Crippen LogP contribution in [0.3, 0.4) is 0 Å². The average molecular weight is 286 g/mol. The molecule has 0 spiro atoms. The van der Waals surface area contributed by atoms with Crippen molar-refractivity contribution in [3.63, 3.8) is 0 Å². The van der Waals surface area contributed by atoms with E-state index < -0.39 is 15.8 Å². The van der Waals surface area contributed by atoms with Crippen LogP contribution in [-0.4, -0.2) is 15.0 Å². The second-order valence-corrected chi connectivity index (χ2v) is 7.09. The van der Waals surface area contributed by atoms with Crippen LogP contribution in [0.2, 0.25) is 0 Å². The summed E-state index contributed by atoms with van der Waals surface area (Å²) in [4.78, 5) is 0.0239. The van der Waals surface area contributed by atoms with Gasteiger partial charge in [-0.05, 0) is 49.3 Å². The summed E-state index contributed by atoms with van der Waals surface area (Å²) in [5.41, 5.74) is 5.68. The molecule has 6 heteroatoms. The number of sulfonamides is 1. The summed E-state index contributed by atoms with van der Waals surface area (Å²) in [7, 11) is -3.62. The number of nitrogens with one attached hydrogen (secondary N) is 1. The molecule has 1 saturated carbocycles. The summed E-state index contributed by atoms with van der Waals surface area (Å²) < 4.78 is 40.3. The van der Waals surface area contributed by atoms with Crippen molar-refractivity contribution < 1.29 is 12.8 Å². The van der Waals surface area contributed by atoms with Gasteiger partial charge < -0.3 is 5.73 Å². The number of aryl methyl sites for hydroxylation is 1. The molecular weight excluding hydrogens is 267 g/mol. The molecule has 1 aromatic carbocycles. The zero-order valence-electron chi connectivity index (χ0n) is 11.2. The van der Waals surface area contributed by atoms with E-state index in [9.17, 15) is 12.8 Å². The van der Waals surface area contributed by atoms with E-state index in [1.54, 1.807) is 0 Å². The molecule has 106 valence electrons. The highest BCUT2D eigenvalue weighted by Gasteiger charge is 2.41. The lowest BCUT2D eigenvalue weighted by molar-refractivity contribution is 0.475. The van der Waals surface area contributed by atoms with Crippen LogP contribution in [0, 0.1) is 18.2 Å². The van der Waals surface area contributed by atoms with Gasteiger partial charge in [0.05, 0.1) is 10.6 Å². The number of nitrogens with two attached hydrogens (primary N) is 1. The third-order valence-corrected chi connectivity index (χ3v) is 5.29. The van der Waals surface area contributed by atoms with Gasteiger partial charge in [0.25, 0.3) is 0 Å². The van der Waals surface area contributed by atoms with E-state index in [2.05, 4.69) is 11.6 Å². The molecule has 19 heavy (non-hydrogen) atoms. The fourth-order valence-corrected chi connectivity index (χ4v) is 3.36. The molecule has 0 unspecified atom stereocenters. The molecule has 0 saturated heterocycles. The molecule has 1 aliphatic carbocycles. The van der Waals surface area contributed by atoms with E-state index in [-0.39, 0.29) is 21.6 Å². The first-order valence-corrected chi connectivity index (χ1v) is 7.83. The lowest BCUT2D eigenvalue weighted by Crippen LogP contribution is -2.30. The predicted octanol–water partition coefficient (Wildman–Crippen LogP) is 2.18. The van der Waals surface area contributed by atoms with E-state index in [0.717, 1.165) is 25.3 Å². The Hall–Kier alpha value is -1.14. The van der Waals surface area contributed by atoms with Gasteiger partial charge in [-0.25, -0.2) is 17.5 Å². The molecule has 0 aliphatic heterocycles. The van der Waals surface area contributed by atoms with Crippen LogP contribution in [0.25, 0.3) is 0 Å². The second-order valence-electron chi connectivity index (χ2n) is 5.32. The Bertz CT molecular complexity index is 572. The molecule has 1 fully saturated rings. The van der Waals surface area contributed by atoms with Gasteiger partial charge in [0.2, 0.25) is 10.0 Å². The zero-order chi connectivity index (χ0) is 14.3. The molecule has 0 aromatic heterocycles. The molecule has 3 N–H and O–H groups in total. The summed E-state index contributed by atoms with van der Waals surface area (Å²) >= 11 is 0. The highest BCUT2D eigenvalue weighted by Crippen LogP contribution is 2.48. The number of benzene rings is 1. The molecule has 1 aliphatic rings. The standard InChI is InChI=1S/C13H19FN2O2S/c1-3-13(4-5-13)8-16-19(17,18)10-6-9(2)12(14)11(15)7-10/h6-7,16H,3-5,8,15H2,1-2H3. The minimum Gasteiger partial charge on any atom is -0.396 e. The number of halogens is 1. The van der Waals surface area contributed by atoms with Gasteiger partial charge in [-0.1, -0.05) is 6.92 Å². The first-order valence-electron chi connectivity index (χ1n) is 6.35. The van der Waals surface area contributed by atoms with Gasteiger partial charge in [0, 0.05) is 6.54 Å². The van der Waals surface area contributed by atoms with Crippen LogP contribution in [0.5, 0.6) is 0 Å². The Morgan fingerprint density at radius 2 is 2.05 bits per heavy atom. The van der Waals surface area contributed by atoms with Crippen LogP contribution in [0.1, 0.15) is 31.7 Å². The second kappa shape index (κ2) is 4.76. The fourth-order valence-electron chi connectivity index (χ4n) is 2.08. The van der Waals surface area contributed by atoms with E-state index >= 15 is 0 Å². The van der Waals surface area contributed by atoms with Crippen LogP contribution in [0.4, 0.5) is 10.1 Å². The quantitative estimate of drug-likeness (QED) is 0.815. The van der Waals surface area contributed by atoms with Crippen molar-refractivity contribution >= 4 is 15.7 Å². The molecule has 0 atom stereocenters.